The molecule has 0 N–H and O–H groups in total. The third-order valence-corrected chi connectivity index (χ3v) is 7.80. The van der Waals surface area contributed by atoms with E-state index < -0.39 is 12.0 Å². The molecule has 0 saturated heterocycles. The molecule has 8 nitrogen and oxygen atoms in total. The smallest absolute Gasteiger partial charge is 0.338 e. The zero-order chi connectivity index (χ0) is 29.1. The molecule has 10 heteroatoms. The fraction of sp³-hybridized carbons (Fsp3) is 0.161. The van der Waals surface area contributed by atoms with E-state index in [0.29, 0.717) is 49.3 Å². The molecule has 0 saturated carbocycles. The molecule has 0 bridgehead atoms. The van der Waals surface area contributed by atoms with Gasteiger partial charge in [-0.05, 0) is 66.6 Å². The number of methoxy groups -OCH3 is 2. The molecular formula is C31H24ClN3O5S. The molecule has 1 aromatic heterocycles. The van der Waals surface area contributed by atoms with Gasteiger partial charge in [0.15, 0.2) is 4.80 Å². The first kappa shape index (κ1) is 27.9. The minimum atomic E-state index is -0.840. The third kappa shape index (κ3) is 5.66. The summed E-state index contributed by atoms with van der Waals surface area (Å²) in [6.45, 7) is 2.07. The first-order chi connectivity index (χ1) is 19.8. The Bertz CT molecular complexity index is 1880. The van der Waals surface area contributed by atoms with Crippen molar-refractivity contribution in [2.75, 3.05) is 14.2 Å². The van der Waals surface area contributed by atoms with Gasteiger partial charge in [-0.15, -0.1) is 0 Å². The molecule has 0 radical (unpaired) electrons. The molecule has 0 amide bonds. The standard InChI is InChI=1S/C31H24ClN3O5S/c1-18-27(30(37)39-3)28(24-15-22(32)10-13-25(24)38-2)35-29(36)26(41-31(35)34-18)14-19-8-11-23(12-9-19)40-17-21-6-4-20(16-33)5-7-21/h4-15,28H,17H2,1-3H3/b26-14-/t28-/m1/s1. The maximum Gasteiger partial charge on any atom is 0.338 e. The number of ether oxygens (including phenoxy) is 3. The van der Waals surface area contributed by atoms with Gasteiger partial charge in [-0.3, -0.25) is 9.36 Å². The van der Waals surface area contributed by atoms with Crippen LogP contribution in [-0.4, -0.2) is 24.8 Å². The van der Waals surface area contributed by atoms with Gasteiger partial charge < -0.3 is 14.2 Å². The Balaban J connectivity index is 1.51. The van der Waals surface area contributed by atoms with E-state index in [1.54, 1.807) is 43.3 Å². The summed E-state index contributed by atoms with van der Waals surface area (Å²) in [4.78, 5) is 31.7. The second-order valence-electron chi connectivity index (χ2n) is 9.13. The lowest BCUT2D eigenvalue weighted by molar-refractivity contribution is -0.136. The summed E-state index contributed by atoms with van der Waals surface area (Å²) in [6, 6.07) is 20.9. The maximum atomic E-state index is 13.8. The van der Waals surface area contributed by atoms with Crippen molar-refractivity contribution in [3.63, 3.8) is 0 Å². The van der Waals surface area contributed by atoms with E-state index in [4.69, 9.17) is 31.1 Å². The van der Waals surface area contributed by atoms with Crippen molar-refractivity contribution >= 4 is 35.0 Å². The summed E-state index contributed by atoms with van der Waals surface area (Å²) < 4.78 is 18.4. The van der Waals surface area contributed by atoms with Crippen LogP contribution in [0.1, 0.15) is 35.2 Å². The monoisotopic (exact) mass is 585 g/mol. The third-order valence-electron chi connectivity index (χ3n) is 6.58. The first-order valence-electron chi connectivity index (χ1n) is 12.5. The molecular weight excluding hydrogens is 562 g/mol. The van der Waals surface area contributed by atoms with Gasteiger partial charge in [0, 0.05) is 10.6 Å². The van der Waals surface area contributed by atoms with Crippen molar-refractivity contribution in [2.45, 2.75) is 19.6 Å². The fourth-order valence-electron chi connectivity index (χ4n) is 4.56. The van der Waals surface area contributed by atoms with Crippen LogP contribution in [-0.2, 0) is 16.1 Å². The van der Waals surface area contributed by atoms with Crippen molar-refractivity contribution in [1.29, 1.82) is 5.26 Å². The van der Waals surface area contributed by atoms with Gasteiger partial charge in [0.25, 0.3) is 5.56 Å². The minimum Gasteiger partial charge on any atom is -0.496 e. The number of nitrogens with zero attached hydrogens (tertiary/aromatic N) is 3. The van der Waals surface area contributed by atoms with E-state index in [9.17, 15) is 9.59 Å². The van der Waals surface area contributed by atoms with Crippen LogP contribution in [0.2, 0.25) is 5.02 Å². The van der Waals surface area contributed by atoms with Crippen LogP contribution in [0.5, 0.6) is 11.5 Å². The van der Waals surface area contributed by atoms with Gasteiger partial charge in [0.1, 0.15) is 24.1 Å². The highest BCUT2D eigenvalue weighted by atomic mass is 35.5. The second kappa shape index (κ2) is 11.8. The van der Waals surface area contributed by atoms with Crippen molar-refractivity contribution in [3.05, 3.63) is 125 Å². The van der Waals surface area contributed by atoms with Crippen molar-refractivity contribution in [1.82, 2.24) is 4.57 Å². The molecule has 0 unspecified atom stereocenters. The average molecular weight is 586 g/mol. The van der Waals surface area contributed by atoms with Crippen molar-refractivity contribution in [3.8, 4) is 17.6 Å². The van der Waals surface area contributed by atoms with Crippen molar-refractivity contribution < 1.29 is 19.0 Å². The molecule has 1 atom stereocenters. The summed E-state index contributed by atoms with van der Waals surface area (Å²) in [7, 11) is 2.81. The lowest BCUT2D eigenvalue weighted by Gasteiger charge is -2.25. The summed E-state index contributed by atoms with van der Waals surface area (Å²) in [6.07, 6.45) is 1.78. The highest BCUT2D eigenvalue weighted by molar-refractivity contribution is 7.07. The summed E-state index contributed by atoms with van der Waals surface area (Å²) in [5, 5.41) is 9.38. The molecule has 0 aliphatic carbocycles. The summed E-state index contributed by atoms with van der Waals surface area (Å²) >= 11 is 7.55. The molecule has 5 rings (SSSR count). The number of hydrogen-bond acceptors (Lipinski definition) is 8. The zero-order valence-corrected chi connectivity index (χ0v) is 24.0. The number of thiazole rings is 1. The number of nitriles is 1. The quantitative estimate of drug-likeness (QED) is 0.296. The van der Waals surface area contributed by atoms with Crippen LogP contribution in [0.3, 0.4) is 0 Å². The second-order valence-corrected chi connectivity index (χ2v) is 10.6. The molecule has 41 heavy (non-hydrogen) atoms. The SMILES string of the molecule is COC(=O)C1=C(C)N=c2s/c(=C\c3ccc(OCc4ccc(C#N)cc4)cc3)c(=O)n2[C@@H]1c1cc(Cl)ccc1OC. The number of benzene rings is 3. The number of rotatable bonds is 7. The van der Waals surface area contributed by atoms with Crippen LogP contribution >= 0.6 is 22.9 Å². The largest absolute Gasteiger partial charge is 0.496 e. The Kier molecular flexibility index (Phi) is 8.06. The molecule has 2 heterocycles. The highest BCUT2D eigenvalue weighted by Crippen LogP contribution is 2.37. The zero-order valence-electron chi connectivity index (χ0n) is 22.4. The number of allylic oxidation sites excluding steroid dienone is 1. The molecule has 0 fully saturated rings. The Morgan fingerprint density at radius 2 is 1.85 bits per heavy atom. The lowest BCUT2D eigenvalue weighted by atomic mass is 9.95. The molecule has 4 aromatic rings. The Morgan fingerprint density at radius 1 is 1.12 bits per heavy atom. The molecule has 1 aliphatic heterocycles. The molecule has 1 aliphatic rings. The number of esters is 1. The van der Waals surface area contributed by atoms with E-state index in [1.807, 2.05) is 36.4 Å². The predicted octanol–water partition coefficient (Wildman–Crippen LogP) is 4.52. The number of carbonyl (C=O) groups is 1. The van der Waals surface area contributed by atoms with Gasteiger partial charge in [0.2, 0.25) is 0 Å². The Hall–Kier alpha value is -4.65. The fourth-order valence-corrected chi connectivity index (χ4v) is 5.79. The number of halogens is 1. The van der Waals surface area contributed by atoms with E-state index in [1.165, 1.54) is 30.1 Å². The topological polar surface area (TPSA) is 103 Å². The van der Waals surface area contributed by atoms with Crippen molar-refractivity contribution in [2.24, 2.45) is 4.99 Å². The van der Waals surface area contributed by atoms with Crippen LogP contribution in [0.25, 0.3) is 6.08 Å². The van der Waals surface area contributed by atoms with E-state index in [2.05, 4.69) is 11.1 Å². The molecule has 206 valence electrons. The summed E-state index contributed by atoms with van der Waals surface area (Å²) in [5.41, 5.74) is 3.25. The van der Waals surface area contributed by atoms with E-state index in [0.717, 1.165) is 11.1 Å². The Labute approximate surface area is 244 Å². The number of aromatic nitrogens is 1. The van der Waals surface area contributed by atoms with Crippen LogP contribution < -0.4 is 24.4 Å². The van der Waals surface area contributed by atoms with Gasteiger partial charge >= 0.3 is 5.97 Å². The maximum absolute atomic E-state index is 13.8. The first-order valence-corrected chi connectivity index (χ1v) is 13.7. The number of hydrogen-bond donors (Lipinski definition) is 0. The number of fused-ring (bicyclic) bond motifs is 1. The molecule has 3 aromatic carbocycles. The average Bonchev–Trinajstić information content (AvgIpc) is 3.29. The number of carbonyl (C=O) groups excluding carboxylic acids is 1. The lowest BCUT2D eigenvalue weighted by Crippen LogP contribution is -2.40. The van der Waals surface area contributed by atoms with Gasteiger partial charge in [-0.25, -0.2) is 9.79 Å². The predicted molar refractivity (Wildman–Crippen MR) is 156 cm³/mol. The molecule has 0 spiro atoms. The normalized spacial score (nSPS) is 14.6. The van der Waals surface area contributed by atoms with Gasteiger partial charge in [-0.2, -0.15) is 5.26 Å². The van der Waals surface area contributed by atoms with Crippen LogP contribution in [0, 0.1) is 11.3 Å². The summed E-state index contributed by atoms with van der Waals surface area (Å²) in [5.74, 6) is 0.546. The van der Waals surface area contributed by atoms with Gasteiger partial charge in [0.05, 0.1) is 41.7 Å². The highest BCUT2D eigenvalue weighted by Gasteiger charge is 2.35. The van der Waals surface area contributed by atoms with Crippen LogP contribution in [0.15, 0.2) is 87.8 Å². The van der Waals surface area contributed by atoms with Gasteiger partial charge in [-0.1, -0.05) is 47.2 Å². The van der Waals surface area contributed by atoms with E-state index >= 15 is 0 Å². The minimum absolute atomic E-state index is 0.232. The Morgan fingerprint density at radius 3 is 2.51 bits per heavy atom. The van der Waals surface area contributed by atoms with Crippen LogP contribution in [0.4, 0.5) is 0 Å². The van der Waals surface area contributed by atoms with E-state index in [-0.39, 0.29) is 11.1 Å².